The zero-order valence-corrected chi connectivity index (χ0v) is 8.86. The van der Waals surface area contributed by atoms with Gasteiger partial charge in [0.2, 0.25) is 0 Å². The van der Waals surface area contributed by atoms with E-state index in [4.69, 9.17) is 0 Å². The average Bonchev–Trinajstić information content (AvgIpc) is 2.18. The van der Waals surface area contributed by atoms with Crippen molar-refractivity contribution in [2.24, 2.45) is 0 Å². The molecule has 0 aliphatic rings. The van der Waals surface area contributed by atoms with Gasteiger partial charge in [-0.1, -0.05) is 31.2 Å². The van der Waals surface area contributed by atoms with Gasteiger partial charge in [-0.3, -0.25) is 4.79 Å². The van der Waals surface area contributed by atoms with Crippen molar-refractivity contribution in [1.29, 1.82) is 0 Å². The molecule has 0 aliphatic carbocycles. The number of benzene rings is 1. The van der Waals surface area contributed by atoms with Crippen LogP contribution < -0.4 is 0 Å². The van der Waals surface area contributed by atoms with Crippen LogP contribution in [0.5, 0.6) is 0 Å². The predicted octanol–water partition coefficient (Wildman–Crippen LogP) is 2.79. The first kappa shape index (κ1) is 10.3. The Kier molecular flexibility index (Phi) is 4.03. The molecule has 1 rings (SSSR count). The molecule has 0 aliphatic heterocycles. The highest BCUT2D eigenvalue weighted by Crippen LogP contribution is 2.07. The molecule has 1 aromatic carbocycles. The highest BCUT2D eigenvalue weighted by molar-refractivity contribution is 7.99. The van der Waals surface area contributed by atoms with Crippen LogP contribution in [-0.4, -0.2) is 17.8 Å². The molecule has 0 saturated carbocycles. The van der Waals surface area contributed by atoms with Crippen molar-refractivity contribution >= 4 is 17.5 Å². The monoisotopic (exact) mass is 194 g/mol. The summed E-state index contributed by atoms with van der Waals surface area (Å²) in [5.74, 6) is 0.793. The van der Waals surface area contributed by atoms with Gasteiger partial charge in [0, 0.05) is 5.56 Å². The number of Topliss-reactive ketones (excluding diaryl/α,β-unsaturated/α-hetero) is 1. The van der Waals surface area contributed by atoms with E-state index >= 15 is 0 Å². The molecule has 0 saturated heterocycles. The van der Waals surface area contributed by atoms with Crippen LogP contribution in [0.25, 0.3) is 0 Å². The van der Waals surface area contributed by atoms with E-state index in [0.717, 1.165) is 12.0 Å². The smallest absolute Gasteiger partial charge is 0.172 e. The Labute approximate surface area is 83.5 Å². The largest absolute Gasteiger partial charge is 0.293 e. The molecule has 0 radical (unpaired) electrons. The first-order valence-corrected chi connectivity index (χ1v) is 5.78. The summed E-state index contributed by atoms with van der Waals surface area (Å²) in [7, 11) is 0. The molecule has 0 bridgehead atoms. The second-order valence-corrected chi connectivity index (χ2v) is 3.77. The van der Waals surface area contributed by atoms with Crippen molar-refractivity contribution in [2.75, 3.05) is 12.0 Å². The van der Waals surface area contributed by atoms with E-state index in [9.17, 15) is 4.79 Å². The van der Waals surface area contributed by atoms with Gasteiger partial charge in [-0.05, 0) is 18.2 Å². The molecule has 0 amide bonds. The fourth-order valence-electron chi connectivity index (χ4n) is 1.14. The van der Waals surface area contributed by atoms with Crippen molar-refractivity contribution in [3.05, 3.63) is 35.4 Å². The maximum Gasteiger partial charge on any atom is 0.172 e. The number of thioether (sulfide) groups is 1. The highest BCUT2D eigenvalue weighted by atomic mass is 32.2. The molecule has 0 aromatic heterocycles. The van der Waals surface area contributed by atoms with Crippen LogP contribution in [0.1, 0.15) is 22.8 Å². The summed E-state index contributed by atoms with van der Waals surface area (Å²) in [6.45, 7) is 2.11. The summed E-state index contributed by atoms with van der Waals surface area (Å²) >= 11 is 1.56. The lowest BCUT2D eigenvalue weighted by Crippen LogP contribution is -2.01. The molecule has 1 nitrogen and oxygen atoms in total. The molecular weight excluding hydrogens is 180 g/mol. The van der Waals surface area contributed by atoms with Crippen LogP contribution in [0.2, 0.25) is 0 Å². The van der Waals surface area contributed by atoms with Crippen molar-refractivity contribution in [3.63, 3.8) is 0 Å². The van der Waals surface area contributed by atoms with E-state index in [0.29, 0.717) is 5.75 Å². The van der Waals surface area contributed by atoms with Crippen LogP contribution in [0.4, 0.5) is 0 Å². The number of hydrogen-bond acceptors (Lipinski definition) is 2. The molecule has 2 heteroatoms. The van der Waals surface area contributed by atoms with E-state index in [1.165, 1.54) is 5.56 Å². The lowest BCUT2D eigenvalue weighted by molar-refractivity contribution is 0.102. The number of aryl methyl sites for hydroxylation is 1. The van der Waals surface area contributed by atoms with Gasteiger partial charge >= 0.3 is 0 Å². The van der Waals surface area contributed by atoms with E-state index in [1.807, 2.05) is 30.5 Å². The van der Waals surface area contributed by atoms with E-state index in [-0.39, 0.29) is 5.78 Å². The Morgan fingerprint density at radius 2 is 1.92 bits per heavy atom. The topological polar surface area (TPSA) is 17.1 Å². The van der Waals surface area contributed by atoms with Crippen molar-refractivity contribution in [2.45, 2.75) is 13.3 Å². The Morgan fingerprint density at radius 1 is 1.31 bits per heavy atom. The number of carbonyl (C=O) groups is 1. The van der Waals surface area contributed by atoms with Gasteiger partial charge < -0.3 is 0 Å². The number of ketones is 1. The third-order valence-electron chi connectivity index (χ3n) is 1.96. The lowest BCUT2D eigenvalue weighted by atomic mass is 10.1. The van der Waals surface area contributed by atoms with Crippen molar-refractivity contribution in [3.8, 4) is 0 Å². The highest BCUT2D eigenvalue weighted by Gasteiger charge is 2.03. The van der Waals surface area contributed by atoms with Crippen LogP contribution in [-0.2, 0) is 6.42 Å². The van der Waals surface area contributed by atoms with Gasteiger partial charge in [-0.15, -0.1) is 0 Å². The predicted molar refractivity (Wildman–Crippen MR) is 58.5 cm³/mol. The Bertz CT molecular complexity index is 277. The molecule has 0 spiro atoms. The van der Waals surface area contributed by atoms with Gasteiger partial charge in [0.15, 0.2) is 5.78 Å². The molecule has 0 heterocycles. The minimum absolute atomic E-state index is 0.218. The molecule has 13 heavy (non-hydrogen) atoms. The number of rotatable bonds is 4. The van der Waals surface area contributed by atoms with Crippen molar-refractivity contribution in [1.82, 2.24) is 0 Å². The van der Waals surface area contributed by atoms with E-state index in [2.05, 4.69) is 6.92 Å². The zero-order valence-electron chi connectivity index (χ0n) is 8.04. The Hall–Kier alpha value is -0.760. The molecule has 0 fully saturated rings. The third kappa shape index (κ3) is 2.88. The minimum Gasteiger partial charge on any atom is -0.293 e. The lowest BCUT2D eigenvalue weighted by Gasteiger charge is -2.00. The van der Waals surface area contributed by atoms with Crippen molar-refractivity contribution < 1.29 is 4.79 Å². The van der Waals surface area contributed by atoms with Crippen LogP contribution >= 0.6 is 11.8 Å². The quantitative estimate of drug-likeness (QED) is 0.686. The summed E-state index contributed by atoms with van der Waals surface area (Å²) in [5.41, 5.74) is 2.10. The summed E-state index contributed by atoms with van der Waals surface area (Å²) in [5, 5.41) is 0. The zero-order chi connectivity index (χ0) is 9.68. The standard InChI is InChI=1S/C11H14OS/c1-3-9-4-6-10(7-5-9)11(12)8-13-2/h4-7H,3,8H2,1-2H3. The summed E-state index contributed by atoms with van der Waals surface area (Å²) in [6, 6.07) is 7.87. The number of carbonyl (C=O) groups excluding carboxylic acids is 1. The van der Waals surface area contributed by atoms with Crippen LogP contribution in [0.3, 0.4) is 0 Å². The SMILES string of the molecule is CCc1ccc(C(=O)CSC)cc1. The molecule has 0 unspecified atom stereocenters. The summed E-state index contributed by atoms with van der Waals surface area (Å²) in [6.07, 6.45) is 2.97. The molecule has 0 atom stereocenters. The van der Waals surface area contributed by atoms with Crippen LogP contribution in [0, 0.1) is 0 Å². The second kappa shape index (κ2) is 5.07. The number of hydrogen-bond donors (Lipinski definition) is 0. The maximum absolute atomic E-state index is 11.4. The fraction of sp³-hybridized carbons (Fsp3) is 0.364. The molecular formula is C11H14OS. The molecule has 0 N–H and O–H groups in total. The average molecular weight is 194 g/mol. The van der Waals surface area contributed by atoms with Gasteiger partial charge in [0.05, 0.1) is 5.75 Å². The Morgan fingerprint density at radius 3 is 2.38 bits per heavy atom. The molecule has 70 valence electrons. The third-order valence-corrected chi connectivity index (χ3v) is 2.51. The van der Waals surface area contributed by atoms with Gasteiger partial charge in [-0.2, -0.15) is 11.8 Å². The first-order chi connectivity index (χ1) is 6.27. The van der Waals surface area contributed by atoms with Gasteiger partial charge in [0.25, 0.3) is 0 Å². The Balaban J connectivity index is 2.74. The van der Waals surface area contributed by atoms with E-state index in [1.54, 1.807) is 11.8 Å². The van der Waals surface area contributed by atoms with Gasteiger partial charge in [0.1, 0.15) is 0 Å². The summed E-state index contributed by atoms with van der Waals surface area (Å²) < 4.78 is 0. The normalized spacial score (nSPS) is 10.0. The minimum atomic E-state index is 0.218. The first-order valence-electron chi connectivity index (χ1n) is 4.39. The van der Waals surface area contributed by atoms with E-state index < -0.39 is 0 Å². The van der Waals surface area contributed by atoms with Crippen LogP contribution in [0.15, 0.2) is 24.3 Å². The fourth-order valence-corrected chi connectivity index (χ4v) is 1.57. The second-order valence-electron chi connectivity index (χ2n) is 2.91. The maximum atomic E-state index is 11.4. The molecule has 1 aromatic rings. The van der Waals surface area contributed by atoms with Gasteiger partial charge in [-0.25, -0.2) is 0 Å². The summed E-state index contributed by atoms with van der Waals surface area (Å²) in [4.78, 5) is 11.4.